The molecule has 1 aromatic carbocycles. The molecule has 2 amide bonds. The molecule has 0 saturated carbocycles. The number of carbonyl (C=O) groups excluding carboxylic acids is 2. The number of hydrogen-bond donors (Lipinski definition) is 0. The molecule has 0 aromatic heterocycles. The number of halogens is 2. The standard InChI is InChI=1S/C23H35Cl2N3O5S/c1-4-15-34(31,32)27(13-14-33-3)17-22(29)28(16-19-5-7-20(25)8-6-19)21-9-11-26(12-10-21)23(30)18(2)24/h5-8,18,21H,4,9-17H2,1-3H3/t18-/m0/s1. The molecular weight excluding hydrogens is 501 g/mol. The van der Waals surface area contributed by atoms with E-state index >= 15 is 0 Å². The van der Waals surface area contributed by atoms with Gasteiger partial charge in [0.05, 0.1) is 18.9 Å². The first-order valence-corrected chi connectivity index (χ1v) is 13.9. The lowest BCUT2D eigenvalue weighted by Crippen LogP contribution is -2.52. The lowest BCUT2D eigenvalue weighted by molar-refractivity contribution is -0.137. The highest BCUT2D eigenvalue weighted by Gasteiger charge is 2.33. The predicted molar refractivity (Wildman–Crippen MR) is 134 cm³/mol. The molecule has 11 heteroatoms. The van der Waals surface area contributed by atoms with Crippen LogP contribution in [0.2, 0.25) is 5.02 Å². The second-order valence-corrected chi connectivity index (χ2v) is 11.6. The Balaban J connectivity index is 2.23. The van der Waals surface area contributed by atoms with Crippen LogP contribution < -0.4 is 0 Å². The molecule has 1 saturated heterocycles. The number of likely N-dealkylation sites (tertiary alicyclic amines) is 1. The van der Waals surface area contributed by atoms with E-state index < -0.39 is 15.4 Å². The topological polar surface area (TPSA) is 87.2 Å². The van der Waals surface area contributed by atoms with E-state index in [-0.39, 0.29) is 43.3 Å². The summed E-state index contributed by atoms with van der Waals surface area (Å²) in [6.07, 6.45) is 1.64. The molecular formula is C23H35Cl2N3O5S. The van der Waals surface area contributed by atoms with E-state index in [1.807, 2.05) is 12.1 Å². The van der Waals surface area contributed by atoms with Crippen molar-refractivity contribution < 1.29 is 22.7 Å². The molecule has 1 fully saturated rings. The third kappa shape index (κ3) is 8.37. The zero-order chi connectivity index (χ0) is 25.3. The van der Waals surface area contributed by atoms with Gasteiger partial charge in [-0.1, -0.05) is 30.7 Å². The Morgan fingerprint density at radius 1 is 1.21 bits per heavy atom. The number of sulfonamides is 1. The van der Waals surface area contributed by atoms with Crippen LogP contribution in [0.5, 0.6) is 0 Å². The second kappa shape index (κ2) is 13.6. The zero-order valence-electron chi connectivity index (χ0n) is 20.1. The number of benzene rings is 1. The summed E-state index contributed by atoms with van der Waals surface area (Å²) in [6.45, 7) is 4.81. The van der Waals surface area contributed by atoms with Crippen molar-refractivity contribution in [2.24, 2.45) is 0 Å². The Labute approximate surface area is 213 Å². The Morgan fingerprint density at radius 3 is 2.35 bits per heavy atom. The Morgan fingerprint density at radius 2 is 1.82 bits per heavy atom. The van der Waals surface area contributed by atoms with Crippen molar-refractivity contribution in [1.29, 1.82) is 0 Å². The summed E-state index contributed by atoms with van der Waals surface area (Å²) in [5, 5.41) is 0.00140. The van der Waals surface area contributed by atoms with E-state index in [9.17, 15) is 18.0 Å². The highest BCUT2D eigenvalue weighted by Crippen LogP contribution is 2.22. The third-order valence-corrected chi connectivity index (χ3v) is 8.32. The minimum Gasteiger partial charge on any atom is -0.383 e. The summed E-state index contributed by atoms with van der Waals surface area (Å²) >= 11 is 12.0. The molecule has 0 bridgehead atoms. The maximum atomic E-state index is 13.5. The van der Waals surface area contributed by atoms with E-state index in [2.05, 4.69) is 0 Å². The van der Waals surface area contributed by atoms with Crippen molar-refractivity contribution in [3.8, 4) is 0 Å². The van der Waals surface area contributed by atoms with E-state index in [4.69, 9.17) is 27.9 Å². The third-order valence-electron chi connectivity index (χ3n) is 5.86. The van der Waals surface area contributed by atoms with Gasteiger partial charge in [-0.05, 0) is 43.9 Å². The Kier molecular flexibility index (Phi) is 11.6. The number of nitrogens with zero attached hydrogens (tertiary/aromatic N) is 3. The molecule has 0 N–H and O–H groups in total. The van der Waals surface area contributed by atoms with E-state index in [0.29, 0.717) is 43.9 Å². The number of piperidine rings is 1. The van der Waals surface area contributed by atoms with Crippen molar-refractivity contribution in [1.82, 2.24) is 14.1 Å². The number of carbonyl (C=O) groups is 2. The van der Waals surface area contributed by atoms with Gasteiger partial charge in [-0.3, -0.25) is 9.59 Å². The number of hydrogen-bond acceptors (Lipinski definition) is 5. The number of rotatable bonds is 12. The summed E-state index contributed by atoms with van der Waals surface area (Å²) in [6, 6.07) is 7.11. The number of ether oxygens (including phenoxy) is 1. The molecule has 0 unspecified atom stereocenters. The van der Waals surface area contributed by atoms with Gasteiger partial charge in [0.25, 0.3) is 0 Å². The molecule has 2 rings (SSSR count). The summed E-state index contributed by atoms with van der Waals surface area (Å²) in [4.78, 5) is 29.2. The summed E-state index contributed by atoms with van der Waals surface area (Å²) < 4.78 is 31.8. The van der Waals surface area contributed by atoms with Gasteiger partial charge in [-0.2, -0.15) is 4.31 Å². The van der Waals surface area contributed by atoms with Crippen LogP contribution in [0.3, 0.4) is 0 Å². The normalized spacial score (nSPS) is 16.0. The first-order valence-electron chi connectivity index (χ1n) is 11.5. The van der Waals surface area contributed by atoms with Crippen LogP contribution in [0.1, 0.15) is 38.7 Å². The average molecular weight is 537 g/mol. The second-order valence-electron chi connectivity index (χ2n) is 8.46. The van der Waals surface area contributed by atoms with E-state index in [1.165, 1.54) is 11.4 Å². The van der Waals surface area contributed by atoms with E-state index in [0.717, 1.165) is 5.56 Å². The summed E-state index contributed by atoms with van der Waals surface area (Å²) in [7, 11) is -2.10. The van der Waals surface area contributed by atoms with Gasteiger partial charge in [0.1, 0.15) is 5.38 Å². The van der Waals surface area contributed by atoms with Gasteiger partial charge in [0.15, 0.2) is 0 Å². The SMILES string of the molecule is CCCS(=O)(=O)N(CCOC)CC(=O)N(Cc1ccc(Cl)cc1)C1CCN(C(=O)[C@H](C)Cl)CC1. The number of alkyl halides is 1. The van der Waals surface area contributed by atoms with Crippen molar-refractivity contribution >= 4 is 45.0 Å². The van der Waals surface area contributed by atoms with Crippen LogP contribution in [0, 0.1) is 0 Å². The van der Waals surface area contributed by atoms with Gasteiger partial charge in [0.2, 0.25) is 21.8 Å². The summed E-state index contributed by atoms with van der Waals surface area (Å²) in [5.74, 6) is -0.425. The molecule has 34 heavy (non-hydrogen) atoms. The van der Waals surface area contributed by atoms with Gasteiger partial charge in [-0.25, -0.2) is 8.42 Å². The molecule has 8 nitrogen and oxygen atoms in total. The summed E-state index contributed by atoms with van der Waals surface area (Å²) in [5.41, 5.74) is 0.894. The van der Waals surface area contributed by atoms with Crippen LogP contribution in [-0.4, -0.2) is 91.4 Å². The van der Waals surface area contributed by atoms with Crippen LogP contribution in [0.4, 0.5) is 0 Å². The fourth-order valence-electron chi connectivity index (χ4n) is 4.00. The maximum absolute atomic E-state index is 13.5. The molecule has 1 aromatic rings. The van der Waals surface area contributed by atoms with Gasteiger partial charge in [-0.15, -0.1) is 11.6 Å². The van der Waals surface area contributed by atoms with Crippen molar-refractivity contribution in [3.05, 3.63) is 34.9 Å². The van der Waals surface area contributed by atoms with Gasteiger partial charge < -0.3 is 14.5 Å². The molecule has 0 aliphatic carbocycles. The lowest BCUT2D eigenvalue weighted by Gasteiger charge is -2.39. The highest BCUT2D eigenvalue weighted by molar-refractivity contribution is 7.89. The first-order chi connectivity index (χ1) is 16.1. The van der Waals surface area contributed by atoms with Crippen molar-refractivity contribution in [3.63, 3.8) is 0 Å². The Bertz CT molecular complexity index is 904. The fourth-order valence-corrected chi connectivity index (χ4v) is 5.69. The number of methoxy groups -OCH3 is 1. The number of amides is 2. The molecule has 1 aliphatic rings. The minimum atomic E-state index is -3.59. The zero-order valence-corrected chi connectivity index (χ0v) is 22.4. The lowest BCUT2D eigenvalue weighted by atomic mass is 10.0. The maximum Gasteiger partial charge on any atom is 0.240 e. The minimum absolute atomic E-state index is 0.0295. The van der Waals surface area contributed by atoms with Crippen molar-refractivity contribution in [2.75, 3.05) is 45.6 Å². The molecule has 1 aliphatic heterocycles. The average Bonchev–Trinajstić information content (AvgIpc) is 2.80. The van der Waals surface area contributed by atoms with Gasteiger partial charge >= 0.3 is 0 Å². The Hall–Kier alpha value is -1.39. The molecule has 1 atom stereocenters. The molecule has 192 valence electrons. The van der Waals surface area contributed by atoms with Crippen LogP contribution in [0.25, 0.3) is 0 Å². The van der Waals surface area contributed by atoms with Crippen LogP contribution >= 0.6 is 23.2 Å². The quantitative estimate of drug-likeness (QED) is 0.384. The monoisotopic (exact) mass is 535 g/mol. The van der Waals surface area contributed by atoms with E-state index in [1.54, 1.807) is 35.8 Å². The van der Waals surface area contributed by atoms with Gasteiger partial charge in [0, 0.05) is 44.4 Å². The van der Waals surface area contributed by atoms with Crippen molar-refractivity contribution in [2.45, 2.75) is 51.1 Å². The fraction of sp³-hybridized carbons (Fsp3) is 0.652. The highest BCUT2D eigenvalue weighted by atomic mass is 35.5. The molecule has 1 heterocycles. The van der Waals surface area contributed by atoms with Crippen LogP contribution in [0.15, 0.2) is 24.3 Å². The molecule has 0 spiro atoms. The first kappa shape index (κ1) is 28.8. The largest absolute Gasteiger partial charge is 0.383 e. The van der Waals surface area contributed by atoms with Crippen LogP contribution in [-0.2, 0) is 30.9 Å². The molecule has 0 radical (unpaired) electrons. The predicted octanol–water partition coefficient (Wildman–Crippen LogP) is 2.98. The smallest absolute Gasteiger partial charge is 0.240 e.